The number of nitrogens with zero attached hydrogens (tertiary/aromatic N) is 3. The van der Waals surface area contributed by atoms with Crippen LogP contribution >= 0.6 is 11.6 Å². The van der Waals surface area contributed by atoms with Gasteiger partial charge in [0.15, 0.2) is 11.5 Å². The number of pyridine rings is 1. The molecule has 6 rings (SSSR count). The molecule has 3 aromatic carbocycles. The maximum Gasteiger partial charge on any atom is 0.163 e. The lowest BCUT2D eigenvalue weighted by Gasteiger charge is -2.22. The van der Waals surface area contributed by atoms with Gasteiger partial charge in [0.2, 0.25) is 0 Å². The van der Waals surface area contributed by atoms with Crippen LogP contribution in [0.2, 0.25) is 5.02 Å². The molecule has 0 spiro atoms. The third-order valence-corrected chi connectivity index (χ3v) is 6.17. The van der Waals surface area contributed by atoms with Crippen LogP contribution in [-0.4, -0.2) is 35.1 Å². The summed E-state index contributed by atoms with van der Waals surface area (Å²) in [4.78, 5) is 0. The highest BCUT2D eigenvalue weighted by Crippen LogP contribution is 2.42. The van der Waals surface area contributed by atoms with E-state index in [1.54, 1.807) is 7.11 Å². The van der Waals surface area contributed by atoms with Crippen molar-refractivity contribution < 1.29 is 14.2 Å². The van der Waals surface area contributed by atoms with Crippen molar-refractivity contribution in [3.05, 3.63) is 77.4 Å². The summed E-state index contributed by atoms with van der Waals surface area (Å²) >= 11 is 6.10. The monoisotopic (exact) mass is 457 g/mol. The number of halogens is 1. The molecule has 0 radical (unpaired) electrons. The first-order valence-corrected chi connectivity index (χ1v) is 11.1. The van der Waals surface area contributed by atoms with Gasteiger partial charge in [0.25, 0.3) is 0 Å². The molecular weight excluding hydrogens is 438 g/mol. The van der Waals surface area contributed by atoms with Crippen LogP contribution in [0.5, 0.6) is 17.2 Å². The third-order valence-electron chi connectivity index (χ3n) is 5.92. The Morgan fingerprint density at radius 1 is 0.939 bits per heavy atom. The van der Waals surface area contributed by atoms with E-state index < -0.39 is 0 Å². The molecule has 0 unspecified atom stereocenters. The van der Waals surface area contributed by atoms with Gasteiger partial charge in [-0.3, -0.25) is 0 Å². The Kier molecular flexibility index (Phi) is 4.80. The van der Waals surface area contributed by atoms with Crippen LogP contribution in [0, 0.1) is 0 Å². The van der Waals surface area contributed by atoms with Gasteiger partial charge >= 0.3 is 0 Å². The van der Waals surface area contributed by atoms with Gasteiger partial charge in [0.1, 0.15) is 30.4 Å². The zero-order chi connectivity index (χ0) is 22.4. The summed E-state index contributed by atoms with van der Waals surface area (Å²) in [7, 11) is 1.69. The highest BCUT2D eigenvalue weighted by atomic mass is 35.5. The molecule has 33 heavy (non-hydrogen) atoms. The summed E-state index contributed by atoms with van der Waals surface area (Å²) in [5.74, 6) is 2.30. The minimum atomic E-state index is 0.526. The normalized spacial score (nSPS) is 12.9. The third kappa shape index (κ3) is 3.43. The van der Waals surface area contributed by atoms with Crippen molar-refractivity contribution in [1.29, 1.82) is 0 Å². The van der Waals surface area contributed by atoms with E-state index in [1.165, 1.54) is 0 Å². The van der Waals surface area contributed by atoms with E-state index in [-0.39, 0.29) is 0 Å². The molecular formula is C26H20ClN3O3. The van der Waals surface area contributed by atoms with E-state index >= 15 is 0 Å². The molecule has 0 atom stereocenters. The summed E-state index contributed by atoms with van der Waals surface area (Å²) in [5, 5.41) is 10.7. The quantitative estimate of drug-likeness (QED) is 0.347. The van der Waals surface area contributed by atoms with Gasteiger partial charge in [0, 0.05) is 39.4 Å². The topological polar surface area (TPSA) is 58.4 Å². The van der Waals surface area contributed by atoms with E-state index in [4.69, 9.17) is 25.8 Å². The lowest BCUT2D eigenvalue weighted by Crippen LogP contribution is -2.16. The number of hydrogen-bond donors (Lipinski definition) is 0. The molecule has 3 aliphatic rings. The van der Waals surface area contributed by atoms with Crippen LogP contribution < -0.4 is 14.2 Å². The lowest BCUT2D eigenvalue weighted by atomic mass is 10.0. The first-order chi connectivity index (χ1) is 16.2. The van der Waals surface area contributed by atoms with Gasteiger partial charge in [-0.05, 0) is 24.3 Å². The van der Waals surface area contributed by atoms with Crippen LogP contribution in [-0.2, 0) is 6.54 Å². The van der Waals surface area contributed by atoms with Crippen molar-refractivity contribution in [1.82, 2.24) is 14.8 Å². The molecule has 3 aromatic rings. The summed E-state index contributed by atoms with van der Waals surface area (Å²) in [6, 6.07) is 19.7. The molecule has 0 bridgehead atoms. The number of fused-ring (bicyclic) bond motifs is 4. The molecule has 0 aromatic heterocycles. The highest BCUT2D eigenvalue weighted by Gasteiger charge is 2.23. The standard InChI is InChI=1S/C26H20ClN3O3/c1-31-22-5-3-2-4-17(22)14-30-15-20-25(16-6-8-18(27)9-7-16)28-29-26(20)19-12-23-24(13-21(19)30)33-11-10-32-23/h2-9,12-13,15H,10-11,14H2,1H3. The molecule has 164 valence electrons. The van der Waals surface area contributed by atoms with E-state index in [1.807, 2.05) is 54.6 Å². The SMILES string of the molecule is COc1ccccc1Cn1cc2c(-c3ccc(Cl)cc3)nnc-2c2cc3c(cc21)OCCO3. The Morgan fingerprint density at radius 3 is 2.45 bits per heavy atom. The number of aromatic nitrogens is 3. The van der Waals surface area contributed by atoms with Gasteiger partial charge in [-0.2, -0.15) is 0 Å². The summed E-state index contributed by atoms with van der Waals surface area (Å²) < 4.78 is 19.5. The fraction of sp³-hybridized carbons (Fsp3) is 0.154. The van der Waals surface area contributed by atoms with Gasteiger partial charge in [-0.15, -0.1) is 10.2 Å². The number of para-hydroxylation sites is 1. The lowest BCUT2D eigenvalue weighted by molar-refractivity contribution is 0.172. The zero-order valence-corrected chi connectivity index (χ0v) is 18.7. The van der Waals surface area contributed by atoms with Gasteiger partial charge in [-0.25, -0.2) is 0 Å². The Morgan fingerprint density at radius 2 is 1.67 bits per heavy atom. The average molecular weight is 458 g/mol. The Balaban J connectivity index is 1.60. The minimum absolute atomic E-state index is 0.526. The van der Waals surface area contributed by atoms with Crippen molar-refractivity contribution in [2.24, 2.45) is 0 Å². The number of benzene rings is 3. The van der Waals surface area contributed by atoms with Crippen LogP contribution in [0.3, 0.4) is 0 Å². The van der Waals surface area contributed by atoms with Gasteiger partial charge in [-0.1, -0.05) is 41.9 Å². The molecule has 7 heteroatoms. The molecule has 0 saturated heterocycles. The number of hydrogen-bond acceptors (Lipinski definition) is 5. The van der Waals surface area contributed by atoms with Crippen molar-refractivity contribution in [2.75, 3.05) is 20.3 Å². The number of ether oxygens (including phenoxy) is 3. The fourth-order valence-corrected chi connectivity index (χ4v) is 4.47. The fourth-order valence-electron chi connectivity index (χ4n) is 4.34. The van der Waals surface area contributed by atoms with Crippen LogP contribution in [0.1, 0.15) is 5.56 Å². The van der Waals surface area contributed by atoms with Crippen LogP contribution in [0.4, 0.5) is 0 Å². The zero-order valence-electron chi connectivity index (χ0n) is 17.9. The first kappa shape index (κ1) is 19.9. The molecule has 0 N–H and O–H groups in total. The van der Waals surface area contributed by atoms with Crippen molar-refractivity contribution in [3.8, 4) is 39.8 Å². The summed E-state index contributed by atoms with van der Waals surface area (Å²) in [5.41, 5.74) is 5.61. The van der Waals surface area contributed by atoms with E-state index in [0.29, 0.717) is 24.8 Å². The van der Waals surface area contributed by atoms with Crippen LogP contribution in [0.25, 0.3) is 33.4 Å². The van der Waals surface area contributed by atoms with E-state index in [2.05, 4.69) is 27.0 Å². The summed E-state index contributed by atoms with van der Waals surface area (Å²) in [6.07, 6.45) is 2.10. The second-order valence-electron chi connectivity index (χ2n) is 7.90. The summed E-state index contributed by atoms with van der Waals surface area (Å²) in [6.45, 7) is 1.67. The molecule has 3 heterocycles. The minimum Gasteiger partial charge on any atom is -0.496 e. The molecule has 0 fully saturated rings. The number of methoxy groups -OCH3 is 1. The molecule has 0 saturated carbocycles. The Labute approximate surface area is 195 Å². The van der Waals surface area contributed by atoms with Crippen molar-refractivity contribution in [2.45, 2.75) is 6.54 Å². The van der Waals surface area contributed by atoms with Crippen molar-refractivity contribution in [3.63, 3.8) is 0 Å². The smallest absolute Gasteiger partial charge is 0.163 e. The van der Waals surface area contributed by atoms with E-state index in [9.17, 15) is 0 Å². The molecule has 0 aliphatic carbocycles. The molecule has 3 aliphatic heterocycles. The Hall–Kier alpha value is -3.77. The second-order valence-corrected chi connectivity index (χ2v) is 8.34. The highest BCUT2D eigenvalue weighted by molar-refractivity contribution is 6.30. The predicted octanol–water partition coefficient (Wildman–Crippen LogP) is 5.68. The van der Waals surface area contributed by atoms with Gasteiger partial charge < -0.3 is 18.8 Å². The predicted molar refractivity (Wildman–Crippen MR) is 128 cm³/mol. The molecule has 6 nitrogen and oxygen atoms in total. The average Bonchev–Trinajstić information content (AvgIpc) is 3.28. The second kappa shape index (κ2) is 7.98. The first-order valence-electron chi connectivity index (χ1n) is 10.7. The Bertz CT molecular complexity index is 1450. The largest absolute Gasteiger partial charge is 0.496 e. The van der Waals surface area contributed by atoms with Crippen LogP contribution in [0.15, 0.2) is 66.9 Å². The maximum absolute atomic E-state index is 6.10. The molecule has 0 amide bonds. The van der Waals surface area contributed by atoms with Crippen molar-refractivity contribution >= 4 is 22.5 Å². The maximum atomic E-state index is 6.10. The van der Waals surface area contributed by atoms with Gasteiger partial charge in [0.05, 0.1) is 19.2 Å². The van der Waals surface area contributed by atoms with E-state index in [0.717, 1.165) is 56.2 Å². The number of rotatable bonds is 4.